The van der Waals surface area contributed by atoms with Gasteiger partial charge in [-0.3, -0.25) is 4.90 Å². The van der Waals surface area contributed by atoms with E-state index in [4.69, 9.17) is 4.74 Å². The first-order valence-electron chi connectivity index (χ1n) is 6.20. The van der Waals surface area contributed by atoms with Crippen LogP contribution in [-0.4, -0.2) is 37.7 Å². The lowest BCUT2D eigenvalue weighted by Crippen LogP contribution is -2.48. The number of hydrogen-bond donors (Lipinski definition) is 0. The molecule has 15 heavy (non-hydrogen) atoms. The van der Waals surface area contributed by atoms with Crippen molar-refractivity contribution in [3.63, 3.8) is 0 Å². The van der Waals surface area contributed by atoms with Crippen LogP contribution in [0.3, 0.4) is 0 Å². The third-order valence-corrected chi connectivity index (χ3v) is 3.81. The monoisotopic (exact) mass is 213 g/mol. The SMILES string of the molecule is COCCN1CCC[C@@H](C(C)(C)C)[C@H]1C. The summed E-state index contributed by atoms with van der Waals surface area (Å²) >= 11 is 0. The second-order valence-electron chi connectivity index (χ2n) is 5.88. The number of piperidine rings is 1. The van der Waals surface area contributed by atoms with Crippen LogP contribution in [0.15, 0.2) is 0 Å². The van der Waals surface area contributed by atoms with E-state index in [9.17, 15) is 0 Å². The lowest BCUT2D eigenvalue weighted by atomic mass is 9.72. The number of methoxy groups -OCH3 is 1. The zero-order valence-corrected chi connectivity index (χ0v) is 11.0. The Bertz CT molecular complexity index is 185. The second-order valence-corrected chi connectivity index (χ2v) is 5.88. The number of likely N-dealkylation sites (tertiary alicyclic amines) is 1. The van der Waals surface area contributed by atoms with Crippen LogP contribution in [0.25, 0.3) is 0 Å². The van der Waals surface area contributed by atoms with Gasteiger partial charge in [-0.2, -0.15) is 0 Å². The summed E-state index contributed by atoms with van der Waals surface area (Å²) in [6.07, 6.45) is 2.73. The Hall–Kier alpha value is -0.0800. The topological polar surface area (TPSA) is 12.5 Å². The van der Waals surface area contributed by atoms with Gasteiger partial charge < -0.3 is 4.74 Å². The third kappa shape index (κ3) is 3.46. The lowest BCUT2D eigenvalue weighted by Gasteiger charge is -2.45. The fraction of sp³-hybridized carbons (Fsp3) is 1.00. The summed E-state index contributed by atoms with van der Waals surface area (Å²) in [5, 5.41) is 0. The number of nitrogens with zero attached hydrogens (tertiary/aromatic N) is 1. The van der Waals surface area contributed by atoms with E-state index in [1.54, 1.807) is 7.11 Å². The number of hydrogen-bond acceptors (Lipinski definition) is 2. The Morgan fingerprint density at radius 1 is 1.33 bits per heavy atom. The van der Waals surface area contributed by atoms with Crippen molar-refractivity contribution >= 4 is 0 Å². The van der Waals surface area contributed by atoms with E-state index in [0.717, 1.165) is 19.1 Å². The molecule has 0 aliphatic carbocycles. The minimum atomic E-state index is 0.436. The molecule has 2 atom stereocenters. The maximum Gasteiger partial charge on any atom is 0.0589 e. The van der Waals surface area contributed by atoms with Crippen LogP contribution in [0.2, 0.25) is 0 Å². The second kappa shape index (κ2) is 5.31. The van der Waals surface area contributed by atoms with Crippen molar-refractivity contribution in [3.05, 3.63) is 0 Å². The summed E-state index contributed by atoms with van der Waals surface area (Å²) < 4.78 is 5.17. The molecule has 2 nitrogen and oxygen atoms in total. The highest BCUT2D eigenvalue weighted by atomic mass is 16.5. The molecule has 0 N–H and O–H groups in total. The number of ether oxygens (including phenoxy) is 1. The van der Waals surface area contributed by atoms with Crippen LogP contribution in [0.4, 0.5) is 0 Å². The Morgan fingerprint density at radius 3 is 2.53 bits per heavy atom. The van der Waals surface area contributed by atoms with Gasteiger partial charge in [0.15, 0.2) is 0 Å². The summed E-state index contributed by atoms with van der Waals surface area (Å²) in [7, 11) is 1.79. The molecule has 0 aromatic heterocycles. The van der Waals surface area contributed by atoms with Crippen molar-refractivity contribution < 1.29 is 4.74 Å². The first kappa shape index (κ1) is 13.0. The predicted octanol–water partition coefficient (Wildman–Crippen LogP) is 2.78. The molecular formula is C13H27NO. The Morgan fingerprint density at radius 2 is 2.00 bits per heavy atom. The molecule has 0 aromatic rings. The summed E-state index contributed by atoms with van der Waals surface area (Å²) in [6, 6.07) is 0.703. The molecule has 0 spiro atoms. The Balaban J connectivity index is 2.55. The van der Waals surface area contributed by atoms with Crippen molar-refractivity contribution in [2.75, 3.05) is 26.8 Å². The van der Waals surface area contributed by atoms with Crippen molar-refractivity contribution in [3.8, 4) is 0 Å². The largest absolute Gasteiger partial charge is 0.383 e. The highest BCUT2D eigenvalue weighted by molar-refractivity contribution is 4.87. The third-order valence-electron chi connectivity index (χ3n) is 3.81. The minimum Gasteiger partial charge on any atom is -0.383 e. The summed E-state index contributed by atoms with van der Waals surface area (Å²) in [6.45, 7) is 12.7. The van der Waals surface area contributed by atoms with Crippen LogP contribution in [0.1, 0.15) is 40.5 Å². The van der Waals surface area contributed by atoms with E-state index < -0.39 is 0 Å². The summed E-state index contributed by atoms with van der Waals surface area (Å²) in [4.78, 5) is 2.59. The normalized spacial score (nSPS) is 29.4. The van der Waals surface area contributed by atoms with Crippen molar-refractivity contribution in [1.82, 2.24) is 4.90 Å². The first-order valence-corrected chi connectivity index (χ1v) is 6.20. The molecule has 90 valence electrons. The standard InChI is InChI=1S/C13H27NO/c1-11-12(13(2,3)4)7-6-8-14(11)9-10-15-5/h11-12H,6-10H2,1-5H3/t11-,12-/m1/s1. The first-order chi connectivity index (χ1) is 6.96. The highest BCUT2D eigenvalue weighted by Crippen LogP contribution is 2.37. The van der Waals surface area contributed by atoms with Gasteiger partial charge in [-0.1, -0.05) is 20.8 Å². The molecule has 1 heterocycles. The van der Waals surface area contributed by atoms with E-state index >= 15 is 0 Å². The predicted molar refractivity (Wildman–Crippen MR) is 65.1 cm³/mol. The van der Waals surface area contributed by atoms with Gasteiger partial charge in [0.25, 0.3) is 0 Å². The molecule has 0 aromatic carbocycles. The van der Waals surface area contributed by atoms with Crippen LogP contribution in [0, 0.1) is 11.3 Å². The van der Waals surface area contributed by atoms with Gasteiger partial charge in [-0.15, -0.1) is 0 Å². The average Bonchev–Trinajstić information content (AvgIpc) is 2.14. The average molecular weight is 213 g/mol. The highest BCUT2D eigenvalue weighted by Gasteiger charge is 2.35. The van der Waals surface area contributed by atoms with Crippen LogP contribution in [0.5, 0.6) is 0 Å². The van der Waals surface area contributed by atoms with Gasteiger partial charge in [0.1, 0.15) is 0 Å². The molecule has 0 saturated carbocycles. The molecule has 0 radical (unpaired) electrons. The fourth-order valence-electron chi connectivity index (χ4n) is 2.89. The fourth-order valence-corrected chi connectivity index (χ4v) is 2.89. The molecular weight excluding hydrogens is 186 g/mol. The smallest absolute Gasteiger partial charge is 0.0589 e. The van der Waals surface area contributed by atoms with Gasteiger partial charge in [-0.05, 0) is 37.6 Å². The van der Waals surface area contributed by atoms with Crippen molar-refractivity contribution in [2.24, 2.45) is 11.3 Å². The molecule has 1 saturated heterocycles. The molecule has 1 aliphatic rings. The van der Waals surface area contributed by atoms with Gasteiger partial charge in [0.05, 0.1) is 6.61 Å². The maximum absolute atomic E-state index is 5.17. The molecule has 0 amide bonds. The van der Waals surface area contributed by atoms with Crippen molar-refractivity contribution in [1.29, 1.82) is 0 Å². The van der Waals surface area contributed by atoms with Crippen LogP contribution < -0.4 is 0 Å². The lowest BCUT2D eigenvalue weighted by molar-refractivity contribution is 0.0257. The van der Waals surface area contributed by atoms with Gasteiger partial charge in [0.2, 0.25) is 0 Å². The Kier molecular flexibility index (Phi) is 4.60. The zero-order chi connectivity index (χ0) is 11.5. The summed E-state index contributed by atoms with van der Waals surface area (Å²) in [5.74, 6) is 0.822. The quantitative estimate of drug-likeness (QED) is 0.715. The van der Waals surface area contributed by atoms with Crippen molar-refractivity contribution in [2.45, 2.75) is 46.6 Å². The van der Waals surface area contributed by atoms with E-state index in [1.165, 1.54) is 19.4 Å². The summed E-state index contributed by atoms with van der Waals surface area (Å²) in [5.41, 5.74) is 0.436. The van der Waals surface area contributed by atoms with Crippen LogP contribution >= 0.6 is 0 Å². The molecule has 1 aliphatic heterocycles. The minimum absolute atomic E-state index is 0.436. The molecule has 1 fully saturated rings. The zero-order valence-electron chi connectivity index (χ0n) is 11.0. The maximum atomic E-state index is 5.17. The van der Waals surface area contributed by atoms with Gasteiger partial charge in [0, 0.05) is 19.7 Å². The van der Waals surface area contributed by atoms with E-state index in [2.05, 4.69) is 32.6 Å². The molecule has 0 unspecified atom stereocenters. The molecule has 0 bridgehead atoms. The van der Waals surface area contributed by atoms with Crippen LogP contribution in [-0.2, 0) is 4.74 Å². The Labute approximate surface area is 95.0 Å². The number of rotatable bonds is 3. The molecule has 2 heteroatoms. The molecule has 1 rings (SSSR count). The van der Waals surface area contributed by atoms with Gasteiger partial charge >= 0.3 is 0 Å². The van der Waals surface area contributed by atoms with E-state index in [0.29, 0.717) is 11.5 Å². The van der Waals surface area contributed by atoms with Gasteiger partial charge in [-0.25, -0.2) is 0 Å². The van der Waals surface area contributed by atoms with E-state index in [-0.39, 0.29) is 0 Å². The van der Waals surface area contributed by atoms with E-state index in [1.807, 2.05) is 0 Å².